The van der Waals surface area contributed by atoms with E-state index < -0.39 is 0 Å². The Morgan fingerprint density at radius 2 is 1.95 bits per heavy atom. The smallest absolute Gasteiger partial charge is 0.315 e. The van der Waals surface area contributed by atoms with E-state index in [2.05, 4.69) is 25.5 Å². The summed E-state index contributed by atoms with van der Waals surface area (Å²) < 4.78 is 5.24. The van der Waals surface area contributed by atoms with Crippen LogP contribution in [0.1, 0.15) is 11.7 Å². The Kier molecular flexibility index (Phi) is 3.86. The average Bonchev–Trinajstić information content (AvgIpc) is 2.94. The first-order chi connectivity index (χ1) is 10.3. The molecular weight excluding hydrogens is 266 g/mol. The minimum atomic E-state index is 0.423. The monoisotopic (exact) mass is 281 g/mol. The Morgan fingerprint density at radius 1 is 1.10 bits per heavy atom. The van der Waals surface area contributed by atoms with E-state index in [4.69, 9.17) is 4.42 Å². The van der Waals surface area contributed by atoms with Gasteiger partial charge in [0.25, 0.3) is 0 Å². The summed E-state index contributed by atoms with van der Waals surface area (Å²) in [7, 11) is 0. The fourth-order valence-corrected chi connectivity index (χ4v) is 1.94. The Bertz CT molecular complexity index is 711. The number of anilines is 1. The number of benzene rings is 1. The van der Waals surface area contributed by atoms with Crippen molar-refractivity contribution in [1.82, 2.24) is 20.2 Å². The van der Waals surface area contributed by atoms with E-state index in [-0.39, 0.29) is 0 Å². The molecule has 6 nitrogen and oxygen atoms in total. The molecule has 0 aliphatic rings. The fraction of sp³-hybridized carbons (Fsp3) is 0.200. The number of aromatic nitrogens is 4. The summed E-state index contributed by atoms with van der Waals surface area (Å²) in [6.45, 7) is 2.39. The second kappa shape index (κ2) is 6.13. The van der Waals surface area contributed by atoms with Crippen molar-refractivity contribution in [2.24, 2.45) is 0 Å². The summed E-state index contributed by atoms with van der Waals surface area (Å²) in [5, 5.41) is 10.7. The average molecular weight is 281 g/mol. The van der Waals surface area contributed by atoms with Crippen molar-refractivity contribution >= 4 is 6.01 Å². The van der Waals surface area contributed by atoms with Gasteiger partial charge in [-0.2, -0.15) is 0 Å². The molecule has 0 amide bonds. The summed E-state index contributed by atoms with van der Waals surface area (Å²) in [6.07, 6.45) is 2.46. The lowest BCUT2D eigenvalue weighted by molar-refractivity contribution is 0.530. The summed E-state index contributed by atoms with van der Waals surface area (Å²) >= 11 is 0. The molecule has 106 valence electrons. The highest BCUT2D eigenvalue weighted by Crippen LogP contribution is 2.15. The molecule has 2 aromatic heterocycles. The lowest BCUT2D eigenvalue weighted by Crippen LogP contribution is -2.08. The Labute approximate surface area is 122 Å². The van der Waals surface area contributed by atoms with Gasteiger partial charge < -0.3 is 9.73 Å². The largest absolute Gasteiger partial charge is 0.408 e. The van der Waals surface area contributed by atoms with E-state index in [0.717, 1.165) is 17.1 Å². The predicted molar refractivity (Wildman–Crippen MR) is 78.7 cm³/mol. The van der Waals surface area contributed by atoms with Gasteiger partial charge in [0, 0.05) is 31.6 Å². The molecular formula is C15H15N5O. The highest BCUT2D eigenvalue weighted by Gasteiger charge is 2.04. The Morgan fingerprint density at radius 3 is 2.71 bits per heavy atom. The van der Waals surface area contributed by atoms with E-state index >= 15 is 0 Å². The molecule has 0 unspecified atom stereocenters. The van der Waals surface area contributed by atoms with Crippen molar-refractivity contribution in [2.75, 3.05) is 11.9 Å². The second-order valence-corrected chi connectivity index (χ2v) is 4.53. The molecule has 0 aliphatic heterocycles. The molecule has 0 spiro atoms. The number of rotatable bonds is 5. The van der Waals surface area contributed by atoms with Crippen molar-refractivity contribution in [3.63, 3.8) is 0 Å². The topological polar surface area (TPSA) is 76.7 Å². The van der Waals surface area contributed by atoms with Gasteiger partial charge >= 0.3 is 6.01 Å². The zero-order valence-electron chi connectivity index (χ0n) is 11.7. The minimum Gasteiger partial charge on any atom is -0.408 e. The molecule has 3 rings (SSSR count). The Balaban J connectivity index is 1.64. The zero-order valence-corrected chi connectivity index (χ0v) is 11.7. The van der Waals surface area contributed by atoms with Crippen molar-refractivity contribution < 1.29 is 4.42 Å². The summed E-state index contributed by atoms with van der Waals surface area (Å²) in [6, 6.07) is 12.4. The van der Waals surface area contributed by atoms with Crippen LogP contribution in [0.15, 0.2) is 47.0 Å². The highest BCUT2D eigenvalue weighted by molar-refractivity contribution is 5.58. The third-order valence-corrected chi connectivity index (χ3v) is 2.93. The number of hydrogen-bond acceptors (Lipinski definition) is 6. The van der Waals surface area contributed by atoms with Crippen LogP contribution >= 0.6 is 0 Å². The van der Waals surface area contributed by atoms with E-state index in [1.165, 1.54) is 0 Å². The first-order valence-corrected chi connectivity index (χ1v) is 6.72. The van der Waals surface area contributed by atoms with Crippen LogP contribution in [0.5, 0.6) is 0 Å². The molecule has 1 aromatic carbocycles. The summed E-state index contributed by atoms with van der Waals surface area (Å²) in [4.78, 5) is 8.85. The number of hydrogen-bond donors (Lipinski definition) is 1. The van der Waals surface area contributed by atoms with Crippen molar-refractivity contribution in [1.29, 1.82) is 0 Å². The van der Waals surface area contributed by atoms with Gasteiger partial charge in [-0.25, -0.2) is 9.97 Å². The van der Waals surface area contributed by atoms with Gasteiger partial charge in [0.1, 0.15) is 5.82 Å². The lowest BCUT2D eigenvalue weighted by Gasteiger charge is -2.04. The van der Waals surface area contributed by atoms with Crippen molar-refractivity contribution in [3.05, 3.63) is 54.3 Å². The van der Waals surface area contributed by atoms with Gasteiger partial charge in [-0.1, -0.05) is 35.4 Å². The SMILES string of the molecule is Cc1nnc(NCCc2nccc(-c3ccccc3)n2)o1. The summed E-state index contributed by atoms with van der Waals surface area (Å²) in [5.74, 6) is 1.32. The van der Waals surface area contributed by atoms with Crippen LogP contribution in [0, 0.1) is 6.92 Å². The number of nitrogens with zero attached hydrogens (tertiary/aromatic N) is 4. The van der Waals surface area contributed by atoms with E-state index in [1.807, 2.05) is 36.4 Å². The second-order valence-electron chi connectivity index (χ2n) is 4.53. The molecule has 2 heterocycles. The molecule has 21 heavy (non-hydrogen) atoms. The molecule has 0 fully saturated rings. The van der Waals surface area contributed by atoms with Gasteiger partial charge in [-0.15, -0.1) is 5.10 Å². The van der Waals surface area contributed by atoms with Crippen LogP contribution < -0.4 is 5.32 Å². The lowest BCUT2D eigenvalue weighted by atomic mass is 10.1. The van der Waals surface area contributed by atoms with Crippen LogP contribution in [0.2, 0.25) is 0 Å². The van der Waals surface area contributed by atoms with Gasteiger partial charge in [-0.3, -0.25) is 0 Å². The maximum Gasteiger partial charge on any atom is 0.315 e. The molecule has 3 aromatic rings. The maximum absolute atomic E-state index is 5.24. The van der Waals surface area contributed by atoms with Crippen LogP contribution in [0.25, 0.3) is 11.3 Å². The minimum absolute atomic E-state index is 0.423. The molecule has 1 N–H and O–H groups in total. The van der Waals surface area contributed by atoms with Crippen molar-refractivity contribution in [3.8, 4) is 11.3 Å². The van der Waals surface area contributed by atoms with Crippen molar-refractivity contribution in [2.45, 2.75) is 13.3 Å². The molecule has 0 radical (unpaired) electrons. The first-order valence-electron chi connectivity index (χ1n) is 6.72. The van der Waals surface area contributed by atoms with Gasteiger partial charge in [0.15, 0.2) is 0 Å². The molecule has 0 saturated carbocycles. The third kappa shape index (κ3) is 3.42. The van der Waals surface area contributed by atoms with Crippen LogP contribution in [-0.4, -0.2) is 26.7 Å². The summed E-state index contributed by atoms with van der Waals surface area (Å²) in [5.41, 5.74) is 2.01. The predicted octanol–water partition coefficient (Wildman–Crippen LogP) is 2.49. The Hall–Kier alpha value is -2.76. The van der Waals surface area contributed by atoms with Gasteiger partial charge in [-0.05, 0) is 6.07 Å². The van der Waals surface area contributed by atoms with Crippen LogP contribution in [0.3, 0.4) is 0 Å². The molecule has 0 aliphatic carbocycles. The normalized spacial score (nSPS) is 10.5. The fourth-order valence-electron chi connectivity index (χ4n) is 1.94. The quantitative estimate of drug-likeness (QED) is 0.774. The van der Waals surface area contributed by atoms with Gasteiger partial charge in [0.05, 0.1) is 5.69 Å². The van der Waals surface area contributed by atoms with Crippen LogP contribution in [0.4, 0.5) is 6.01 Å². The third-order valence-electron chi connectivity index (χ3n) is 2.93. The van der Waals surface area contributed by atoms with Crippen LogP contribution in [-0.2, 0) is 6.42 Å². The molecule has 6 heteroatoms. The highest BCUT2D eigenvalue weighted by atomic mass is 16.4. The molecule has 0 bridgehead atoms. The molecule has 0 atom stereocenters. The number of aryl methyl sites for hydroxylation is 1. The van der Waals surface area contributed by atoms with E-state index in [0.29, 0.717) is 24.9 Å². The van der Waals surface area contributed by atoms with E-state index in [1.54, 1.807) is 13.1 Å². The first kappa shape index (κ1) is 13.2. The van der Waals surface area contributed by atoms with Gasteiger partial charge in [0.2, 0.25) is 5.89 Å². The van der Waals surface area contributed by atoms with E-state index in [9.17, 15) is 0 Å². The standard InChI is InChI=1S/C15H15N5O/c1-11-19-20-15(21-11)17-10-8-14-16-9-7-13(18-14)12-5-3-2-4-6-12/h2-7,9H,8,10H2,1H3,(H,17,20). The maximum atomic E-state index is 5.24. The molecule has 0 saturated heterocycles. The zero-order chi connectivity index (χ0) is 14.5. The number of nitrogens with one attached hydrogen (secondary N) is 1.